The number of aryl methyl sites for hydroxylation is 2. The summed E-state index contributed by atoms with van der Waals surface area (Å²) in [6, 6.07) is 2.11. The van der Waals surface area contributed by atoms with Crippen molar-refractivity contribution in [3.8, 4) is 0 Å². The standard InChI is InChI=1S/C24H25ClFN3O4/c1-9-7-14(33-11(9)3)22(24(4,5)6)29-19-18(20(30)21(19)31)28-17-13(26)8-12(25)15-10(2)27-23(32)16(15)17/h7-8,10,22,28-29H,1-6H3,(H,27,32). The van der Waals surface area contributed by atoms with Crippen LogP contribution >= 0.6 is 11.6 Å². The first kappa shape index (κ1) is 23.0. The normalized spacial score (nSPS) is 16.6. The summed E-state index contributed by atoms with van der Waals surface area (Å²) in [6.45, 7) is 11.4. The largest absolute Gasteiger partial charge is 0.464 e. The van der Waals surface area contributed by atoms with E-state index in [1.807, 2.05) is 40.7 Å². The van der Waals surface area contributed by atoms with Gasteiger partial charge in [-0.05, 0) is 43.9 Å². The van der Waals surface area contributed by atoms with E-state index in [2.05, 4.69) is 16.0 Å². The molecule has 3 aromatic rings. The zero-order chi connectivity index (χ0) is 24.4. The van der Waals surface area contributed by atoms with Crippen LogP contribution in [0.4, 0.5) is 21.5 Å². The van der Waals surface area contributed by atoms with Crippen molar-refractivity contribution >= 4 is 34.6 Å². The lowest BCUT2D eigenvalue weighted by atomic mass is 9.84. The molecule has 0 radical (unpaired) electrons. The minimum atomic E-state index is -0.800. The molecular weight excluding hydrogens is 449 g/mol. The zero-order valence-corrected chi connectivity index (χ0v) is 20.0. The second kappa shape index (κ2) is 7.73. The van der Waals surface area contributed by atoms with Crippen molar-refractivity contribution in [2.45, 2.75) is 53.6 Å². The predicted molar refractivity (Wildman–Crippen MR) is 126 cm³/mol. The Morgan fingerprint density at radius 3 is 2.30 bits per heavy atom. The summed E-state index contributed by atoms with van der Waals surface area (Å²) >= 11 is 6.16. The van der Waals surface area contributed by atoms with Crippen molar-refractivity contribution in [2.75, 3.05) is 10.6 Å². The highest BCUT2D eigenvalue weighted by molar-refractivity contribution is 6.32. The fourth-order valence-electron chi connectivity index (χ4n) is 4.13. The Bertz CT molecular complexity index is 1340. The number of fused-ring (bicyclic) bond motifs is 1. The van der Waals surface area contributed by atoms with Gasteiger partial charge in [-0.2, -0.15) is 0 Å². The third-order valence-electron chi connectivity index (χ3n) is 6.06. The molecule has 9 heteroatoms. The number of furan rings is 1. The third kappa shape index (κ3) is 3.72. The summed E-state index contributed by atoms with van der Waals surface area (Å²) in [7, 11) is 0. The first-order valence-electron chi connectivity index (χ1n) is 10.6. The van der Waals surface area contributed by atoms with E-state index < -0.39 is 40.1 Å². The lowest BCUT2D eigenvalue weighted by Crippen LogP contribution is -2.39. The predicted octanol–water partition coefficient (Wildman–Crippen LogP) is 5.03. The highest BCUT2D eigenvalue weighted by atomic mass is 35.5. The molecule has 174 valence electrons. The molecule has 0 aliphatic carbocycles. The van der Waals surface area contributed by atoms with Crippen LogP contribution in [-0.2, 0) is 0 Å². The Morgan fingerprint density at radius 2 is 1.73 bits per heavy atom. The summed E-state index contributed by atoms with van der Waals surface area (Å²) in [5.74, 6) is 0.0574. The van der Waals surface area contributed by atoms with Gasteiger partial charge in [0.1, 0.15) is 28.7 Å². The molecule has 0 bridgehead atoms. The van der Waals surface area contributed by atoms with Crippen LogP contribution in [0.25, 0.3) is 0 Å². The van der Waals surface area contributed by atoms with E-state index in [-0.39, 0.29) is 27.6 Å². The molecule has 7 nitrogen and oxygen atoms in total. The fourth-order valence-corrected chi connectivity index (χ4v) is 4.49. The monoisotopic (exact) mass is 473 g/mol. The minimum absolute atomic E-state index is 0.0150. The van der Waals surface area contributed by atoms with Crippen LogP contribution < -0.4 is 26.8 Å². The van der Waals surface area contributed by atoms with E-state index in [0.717, 1.165) is 17.4 Å². The third-order valence-corrected chi connectivity index (χ3v) is 6.37. The lowest BCUT2D eigenvalue weighted by Gasteiger charge is -2.31. The highest BCUT2D eigenvalue weighted by Crippen LogP contribution is 2.41. The Kier molecular flexibility index (Phi) is 5.40. The average Bonchev–Trinajstić information content (AvgIpc) is 3.19. The van der Waals surface area contributed by atoms with Crippen LogP contribution in [0.15, 0.2) is 26.1 Å². The van der Waals surface area contributed by atoms with Crippen LogP contribution in [-0.4, -0.2) is 5.91 Å². The first-order chi connectivity index (χ1) is 15.3. The molecule has 3 N–H and O–H groups in total. The Morgan fingerprint density at radius 1 is 1.09 bits per heavy atom. The number of anilines is 3. The Labute approximate surface area is 195 Å². The fraction of sp³-hybridized carbons (Fsp3) is 0.375. The van der Waals surface area contributed by atoms with Crippen LogP contribution in [0.1, 0.15) is 72.8 Å². The van der Waals surface area contributed by atoms with Gasteiger partial charge in [-0.15, -0.1) is 0 Å². The van der Waals surface area contributed by atoms with Crippen LogP contribution in [0.2, 0.25) is 5.02 Å². The Hall–Kier alpha value is -3.13. The SMILES string of the molecule is Cc1cc(C(Nc2c(Nc3c(F)cc(Cl)c4c3C(=O)NC4C)c(=O)c2=O)C(C)(C)C)oc1C. The number of halogens is 2. The molecule has 2 unspecified atom stereocenters. The molecule has 1 aliphatic rings. The van der Waals surface area contributed by atoms with Gasteiger partial charge in [-0.3, -0.25) is 14.4 Å². The second-order valence-electron chi connectivity index (χ2n) is 9.56. The number of carbonyl (C=O) groups excluding carboxylic acids is 1. The van der Waals surface area contributed by atoms with Crippen molar-refractivity contribution in [2.24, 2.45) is 5.41 Å². The topological polar surface area (TPSA) is 100 Å². The van der Waals surface area contributed by atoms with Crippen molar-refractivity contribution in [3.63, 3.8) is 0 Å². The van der Waals surface area contributed by atoms with E-state index in [9.17, 15) is 18.8 Å². The molecule has 0 saturated heterocycles. The van der Waals surface area contributed by atoms with Crippen LogP contribution in [0, 0.1) is 25.1 Å². The number of amides is 1. The summed E-state index contributed by atoms with van der Waals surface area (Å²) in [4.78, 5) is 37.4. The number of benzene rings is 1. The molecule has 1 amide bonds. The lowest BCUT2D eigenvalue weighted by molar-refractivity contribution is 0.0959. The molecule has 0 saturated carbocycles. The summed E-state index contributed by atoms with van der Waals surface area (Å²) < 4.78 is 20.7. The smallest absolute Gasteiger partial charge is 0.254 e. The number of nitrogens with one attached hydrogen (secondary N) is 3. The van der Waals surface area contributed by atoms with Crippen LogP contribution in [0.3, 0.4) is 0 Å². The maximum atomic E-state index is 14.9. The van der Waals surface area contributed by atoms with Gasteiger partial charge in [0.05, 0.1) is 23.3 Å². The van der Waals surface area contributed by atoms with E-state index in [4.69, 9.17) is 16.0 Å². The second-order valence-corrected chi connectivity index (χ2v) is 9.97. The van der Waals surface area contributed by atoms with Gasteiger partial charge in [-0.25, -0.2) is 4.39 Å². The Balaban J connectivity index is 1.76. The van der Waals surface area contributed by atoms with Gasteiger partial charge < -0.3 is 20.4 Å². The minimum Gasteiger partial charge on any atom is -0.464 e. The molecule has 2 heterocycles. The van der Waals surface area contributed by atoms with Gasteiger partial charge in [0, 0.05) is 10.6 Å². The molecule has 2 aromatic carbocycles. The molecule has 1 aromatic heterocycles. The summed E-state index contributed by atoms with van der Waals surface area (Å²) in [5, 5.41) is 8.62. The quantitative estimate of drug-likeness (QED) is 0.449. The van der Waals surface area contributed by atoms with E-state index >= 15 is 0 Å². The molecule has 4 rings (SSSR count). The van der Waals surface area contributed by atoms with Gasteiger partial charge in [-0.1, -0.05) is 32.4 Å². The van der Waals surface area contributed by atoms with Gasteiger partial charge in [0.15, 0.2) is 0 Å². The summed E-state index contributed by atoms with van der Waals surface area (Å²) in [6.07, 6.45) is 0. The van der Waals surface area contributed by atoms with Crippen LogP contribution in [0.5, 0.6) is 0 Å². The number of hydrogen-bond acceptors (Lipinski definition) is 6. The van der Waals surface area contributed by atoms with Gasteiger partial charge in [0.2, 0.25) is 0 Å². The molecule has 1 aliphatic heterocycles. The van der Waals surface area contributed by atoms with E-state index in [1.54, 1.807) is 6.92 Å². The van der Waals surface area contributed by atoms with Crippen molar-refractivity contribution < 1.29 is 13.6 Å². The number of carbonyl (C=O) groups is 1. The van der Waals surface area contributed by atoms with E-state index in [1.165, 1.54) is 0 Å². The molecule has 2 atom stereocenters. The number of rotatable bonds is 5. The van der Waals surface area contributed by atoms with Crippen molar-refractivity contribution in [1.29, 1.82) is 0 Å². The van der Waals surface area contributed by atoms with Gasteiger partial charge in [0.25, 0.3) is 16.8 Å². The summed E-state index contributed by atoms with van der Waals surface area (Å²) in [5.41, 5.74) is -0.778. The molecule has 33 heavy (non-hydrogen) atoms. The molecule has 0 fully saturated rings. The van der Waals surface area contributed by atoms with Crippen molar-refractivity contribution in [1.82, 2.24) is 5.32 Å². The van der Waals surface area contributed by atoms with Gasteiger partial charge >= 0.3 is 0 Å². The first-order valence-corrected chi connectivity index (χ1v) is 11.0. The zero-order valence-electron chi connectivity index (χ0n) is 19.2. The molecule has 0 spiro atoms. The van der Waals surface area contributed by atoms with E-state index in [0.29, 0.717) is 11.3 Å². The average molecular weight is 474 g/mol. The highest BCUT2D eigenvalue weighted by Gasteiger charge is 2.36. The maximum absolute atomic E-state index is 14.9. The van der Waals surface area contributed by atoms with Crippen molar-refractivity contribution in [3.05, 3.63) is 71.6 Å². The molecular formula is C24H25ClFN3O4. The number of hydrogen-bond donors (Lipinski definition) is 3. The maximum Gasteiger partial charge on any atom is 0.254 e.